The second-order valence-corrected chi connectivity index (χ2v) is 5.68. The highest BCUT2D eigenvalue weighted by Crippen LogP contribution is 2.32. The normalized spacial score (nSPS) is 12.8. The summed E-state index contributed by atoms with van der Waals surface area (Å²) in [7, 11) is 0. The molecule has 4 nitrogen and oxygen atoms in total. The Morgan fingerprint density at radius 1 is 1.39 bits per heavy atom. The number of aromatic carboxylic acids is 1. The van der Waals surface area contributed by atoms with Crippen LogP contribution in [-0.4, -0.2) is 28.6 Å². The number of nitrogens with zero attached hydrogens (tertiary/aromatic N) is 2. The zero-order chi connectivity index (χ0) is 13.9. The third-order valence-electron chi connectivity index (χ3n) is 3.13. The highest BCUT2D eigenvalue weighted by Gasteiger charge is 2.23. The molecule has 0 aliphatic rings. The van der Waals surface area contributed by atoms with Crippen molar-refractivity contribution in [3.63, 3.8) is 0 Å². The minimum absolute atomic E-state index is 0.187. The first-order valence-corrected chi connectivity index (χ1v) is 7.24. The summed E-state index contributed by atoms with van der Waals surface area (Å²) in [4.78, 5) is 18.4. The van der Waals surface area contributed by atoms with Gasteiger partial charge in [-0.15, -0.1) is 0 Å². The topological polar surface area (TPSA) is 53.4 Å². The van der Waals surface area contributed by atoms with E-state index < -0.39 is 5.97 Å². The Labute approximate surface area is 113 Å². The number of thiazole rings is 1. The van der Waals surface area contributed by atoms with Gasteiger partial charge in [0, 0.05) is 12.6 Å². The molecule has 18 heavy (non-hydrogen) atoms. The van der Waals surface area contributed by atoms with Crippen LogP contribution in [0.2, 0.25) is 0 Å². The summed E-state index contributed by atoms with van der Waals surface area (Å²) in [5.41, 5.74) is 0.726. The number of carbonyl (C=O) groups is 1. The summed E-state index contributed by atoms with van der Waals surface area (Å²) >= 11 is 1.29. The summed E-state index contributed by atoms with van der Waals surface area (Å²) in [6, 6.07) is 0.326. The SMILES string of the molecule is CCC(C)c1nc(N(CC)C(C)C)sc1C(=O)O. The minimum atomic E-state index is -0.867. The molecule has 0 amide bonds. The fraction of sp³-hybridized carbons (Fsp3) is 0.692. The van der Waals surface area contributed by atoms with E-state index in [1.165, 1.54) is 11.3 Å². The average Bonchev–Trinajstić information content (AvgIpc) is 2.73. The van der Waals surface area contributed by atoms with Gasteiger partial charge in [0.05, 0.1) is 5.69 Å². The molecule has 102 valence electrons. The number of carboxylic acid groups (broad SMARTS) is 1. The Balaban J connectivity index is 3.20. The maximum Gasteiger partial charge on any atom is 0.347 e. The number of hydrogen-bond acceptors (Lipinski definition) is 4. The number of rotatable bonds is 6. The van der Waals surface area contributed by atoms with Gasteiger partial charge in [0.15, 0.2) is 5.13 Å². The lowest BCUT2D eigenvalue weighted by Gasteiger charge is -2.24. The summed E-state index contributed by atoms with van der Waals surface area (Å²) in [6.07, 6.45) is 0.900. The van der Waals surface area contributed by atoms with Gasteiger partial charge in [0.25, 0.3) is 0 Å². The van der Waals surface area contributed by atoms with Gasteiger partial charge >= 0.3 is 5.97 Å². The highest BCUT2D eigenvalue weighted by atomic mass is 32.1. The molecular weight excluding hydrogens is 248 g/mol. The molecule has 0 bridgehead atoms. The van der Waals surface area contributed by atoms with Gasteiger partial charge in [0.2, 0.25) is 0 Å². The predicted octanol–water partition coefficient (Wildman–Crippen LogP) is 3.59. The van der Waals surface area contributed by atoms with E-state index in [9.17, 15) is 9.90 Å². The fourth-order valence-corrected chi connectivity index (χ4v) is 3.07. The molecule has 1 heterocycles. The summed E-state index contributed by atoms with van der Waals surface area (Å²) in [6.45, 7) is 11.2. The zero-order valence-corrected chi connectivity index (χ0v) is 12.5. The molecule has 0 spiro atoms. The molecule has 1 unspecified atom stereocenters. The molecular formula is C13H22N2O2S. The van der Waals surface area contributed by atoms with Crippen molar-refractivity contribution in [1.82, 2.24) is 4.98 Å². The van der Waals surface area contributed by atoms with E-state index in [2.05, 4.69) is 37.6 Å². The van der Waals surface area contributed by atoms with Gasteiger partial charge in [-0.1, -0.05) is 25.2 Å². The molecule has 0 fully saturated rings. The van der Waals surface area contributed by atoms with Crippen molar-refractivity contribution in [3.05, 3.63) is 10.6 Å². The average molecular weight is 270 g/mol. The van der Waals surface area contributed by atoms with E-state index in [-0.39, 0.29) is 5.92 Å². The van der Waals surface area contributed by atoms with Gasteiger partial charge in [-0.3, -0.25) is 0 Å². The Morgan fingerprint density at radius 2 is 2.00 bits per heavy atom. The van der Waals surface area contributed by atoms with Gasteiger partial charge < -0.3 is 10.0 Å². The van der Waals surface area contributed by atoms with E-state index in [0.717, 1.165) is 23.8 Å². The third kappa shape index (κ3) is 3.02. The molecule has 1 aromatic heterocycles. The van der Waals surface area contributed by atoms with Crippen LogP contribution in [-0.2, 0) is 0 Å². The summed E-state index contributed by atoms with van der Waals surface area (Å²) in [5.74, 6) is -0.680. The molecule has 1 N–H and O–H groups in total. The Bertz CT molecular complexity index is 415. The van der Waals surface area contributed by atoms with Crippen molar-refractivity contribution in [3.8, 4) is 0 Å². The van der Waals surface area contributed by atoms with Crippen molar-refractivity contribution in [1.29, 1.82) is 0 Å². The van der Waals surface area contributed by atoms with Crippen LogP contribution in [0.1, 0.15) is 62.3 Å². The van der Waals surface area contributed by atoms with Crippen LogP contribution in [0.4, 0.5) is 5.13 Å². The smallest absolute Gasteiger partial charge is 0.347 e. The Kier molecular flexibility index (Phi) is 5.14. The minimum Gasteiger partial charge on any atom is -0.477 e. The maximum atomic E-state index is 11.3. The predicted molar refractivity (Wildman–Crippen MR) is 75.9 cm³/mol. The summed E-state index contributed by atoms with van der Waals surface area (Å²) in [5, 5.41) is 10.1. The van der Waals surface area contributed by atoms with Crippen LogP contribution >= 0.6 is 11.3 Å². The summed E-state index contributed by atoms with van der Waals surface area (Å²) < 4.78 is 0. The molecule has 0 saturated heterocycles. The lowest BCUT2D eigenvalue weighted by Crippen LogP contribution is -2.30. The Morgan fingerprint density at radius 3 is 2.39 bits per heavy atom. The molecule has 1 rings (SSSR count). The second-order valence-electron chi connectivity index (χ2n) is 4.71. The fourth-order valence-electron chi connectivity index (χ4n) is 1.84. The van der Waals surface area contributed by atoms with E-state index >= 15 is 0 Å². The second kappa shape index (κ2) is 6.18. The first-order valence-electron chi connectivity index (χ1n) is 6.42. The van der Waals surface area contributed by atoms with E-state index in [4.69, 9.17) is 0 Å². The van der Waals surface area contributed by atoms with Crippen molar-refractivity contribution >= 4 is 22.4 Å². The van der Waals surface area contributed by atoms with Crippen LogP contribution in [0.3, 0.4) is 0 Å². The lowest BCUT2D eigenvalue weighted by atomic mass is 10.0. The number of hydrogen-bond donors (Lipinski definition) is 1. The van der Waals surface area contributed by atoms with E-state index in [1.54, 1.807) is 0 Å². The Hall–Kier alpha value is -1.10. The molecule has 0 aromatic carbocycles. The molecule has 0 aliphatic heterocycles. The molecule has 0 radical (unpaired) electrons. The number of carboxylic acids is 1. The van der Waals surface area contributed by atoms with Crippen LogP contribution < -0.4 is 4.90 Å². The molecule has 1 atom stereocenters. The van der Waals surface area contributed by atoms with Crippen LogP contribution in [0.25, 0.3) is 0 Å². The first kappa shape index (κ1) is 15.0. The lowest BCUT2D eigenvalue weighted by molar-refractivity contribution is 0.0700. The van der Waals surface area contributed by atoms with Gasteiger partial charge in [-0.2, -0.15) is 0 Å². The molecule has 1 aromatic rings. The standard InChI is InChI=1S/C13H22N2O2S/c1-6-9(5)10-11(12(16)17)18-13(14-10)15(7-2)8(3)4/h8-9H,6-7H2,1-5H3,(H,16,17). The number of aromatic nitrogens is 1. The van der Waals surface area contributed by atoms with Crippen molar-refractivity contribution in [2.45, 2.75) is 53.0 Å². The quantitative estimate of drug-likeness (QED) is 0.858. The van der Waals surface area contributed by atoms with Crippen molar-refractivity contribution in [2.24, 2.45) is 0 Å². The van der Waals surface area contributed by atoms with Crippen molar-refractivity contribution in [2.75, 3.05) is 11.4 Å². The highest BCUT2D eigenvalue weighted by molar-refractivity contribution is 7.17. The molecule has 0 saturated carbocycles. The first-order chi connectivity index (χ1) is 8.42. The molecule has 5 heteroatoms. The maximum absolute atomic E-state index is 11.3. The van der Waals surface area contributed by atoms with Crippen LogP contribution in [0.15, 0.2) is 0 Å². The van der Waals surface area contributed by atoms with Crippen molar-refractivity contribution < 1.29 is 9.90 Å². The van der Waals surface area contributed by atoms with Gasteiger partial charge in [-0.25, -0.2) is 9.78 Å². The van der Waals surface area contributed by atoms with E-state index in [0.29, 0.717) is 10.9 Å². The third-order valence-corrected chi connectivity index (χ3v) is 4.22. The zero-order valence-electron chi connectivity index (χ0n) is 11.7. The van der Waals surface area contributed by atoms with Gasteiger partial charge in [0.1, 0.15) is 4.88 Å². The molecule has 0 aliphatic carbocycles. The largest absolute Gasteiger partial charge is 0.477 e. The van der Waals surface area contributed by atoms with Crippen LogP contribution in [0.5, 0.6) is 0 Å². The van der Waals surface area contributed by atoms with Gasteiger partial charge in [-0.05, 0) is 33.1 Å². The number of anilines is 1. The van der Waals surface area contributed by atoms with Crippen LogP contribution in [0, 0.1) is 0 Å². The van der Waals surface area contributed by atoms with E-state index in [1.807, 2.05) is 6.92 Å². The monoisotopic (exact) mass is 270 g/mol.